The van der Waals surface area contributed by atoms with E-state index < -0.39 is 0 Å². The van der Waals surface area contributed by atoms with Crippen LogP contribution < -0.4 is 16.0 Å². The van der Waals surface area contributed by atoms with Crippen LogP contribution in [0.3, 0.4) is 0 Å². The van der Waals surface area contributed by atoms with Crippen LogP contribution in [0, 0.1) is 0 Å². The average molecular weight is 236 g/mol. The summed E-state index contributed by atoms with van der Waals surface area (Å²) in [4.78, 5) is 0. The van der Waals surface area contributed by atoms with Gasteiger partial charge < -0.3 is 4.74 Å². The maximum atomic E-state index is 5.60. The molecule has 17 heavy (non-hydrogen) atoms. The second-order valence-corrected chi connectivity index (χ2v) is 3.74. The van der Waals surface area contributed by atoms with Crippen molar-refractivity contribution in [1.82, 2.24) is 25.0 Å². The summed E-state index contributed by atoms with van der Waals surface area (Å²) in [5.74, 6) is 6.28. The third-order valence-electron chi connectivity index (χ3n) is 2.64. The summed E-state index contributed by atoms with van der Waals surface area (Å²) >= 11 is 0. The molecule has 0 saturated heterocycles. The summed E-state index contributed by atoms with van der Waals surface area (Å²) in [5.41, 5.74) is 4.39. The van der Waals surface area contributed by atoms with E-state index in [9.17, 15) is 0 Å². The fraction of sp³-hybridized carbons (Fsp3) is 0.400. The number of aromatic nitrogens is 4. The zero-order valence-electron chi connectivity index (χ0n) is 10.1. The number of rotatable bonds is 4. The summed E-state index contributed by atoms with van der Waals surface area (Å²) in [7, 11) is 5.30. The van der Waals surface area contributed by atoms with Crippen LogP contribution in [0.2, 0.25) is 0 Å². The molecule has 0 aliphatic heterocycles. The minimum atomic E-state index is -0.251. The van der Waals surface area contributed by atoms with E-state index in [1.807, 2.05) is 26.4 Å². The SMILES string of the molecule is COc1cnn(C)c1C(NN)c1ccn(C)n1. The predicted octanol–water partition coefficient (Wildman–Crippen LogP) is -0.285. The minimum absolute atomic E-state index is 0.251. The highest BCUT2D eigenvalue weighted by atomic mass is 16.5. The zero-order valence-corrected chi connectivity index (χ0v) is 10.1. The van der Waals surface area contributed by atoms with Crippen molar-refractivity contribution in [3.05, 3.63) is 29.8 Å². The molecule has 2 rings (SSSR count). The molecule has 2 aromatic heterocycles. The molecule has 2 heterocycles. The molecule has 1 atom stereocenters. The molecule has 0 aliphatic rings. The molecule has 1 unspecified atom stereocenters. The molecule has 3 N–H and O–H groups in total. The number of methoxy groups -OCH3 is 1. The number of nitrogens with one attached hydrogen (secondary N) is 1. The summed E-state index contributed by atoms with van der Waals surface area (Å²) in [5, 5.41) is 8.48. The second-order valence-electron chi connectivity index (χ2n) is 3.74. The zero-order chi connectivity index (χ0) is 12.4. The van der Waals surface area contributed by atoms with Gasteiger partial charge in [-0.05, 0) is 6.07 Å². The van der Waals surface area contributed by atoms with Crippen LogP contribution in [0.15, 0.2) is 18.5 Å². The first kappa shape index (κ1) is 11.6. The highest BCUT2D eigenvalue weighted by Gasteiger charge is 2.23. The third kappa shape index (κ3) is 2.02. The largest absolute Gasteiger partial charge is 0.493 e. The monoisotopic (exact) mass is 236 g/mol. The van der Waals surface area contributed by atoms with Crippen molar-refractivity contribution in [2.45, 2.75) is 6.04 Å². The second kappa shape index (κ2) is 4.56. The normalized spacial score (nSPS) is 12.7. The van der Waals surface area contributed by atoms with Gasteiger partial charge in [-0.25, -0.2) is 5.43 Å². The molecule has 0 aromatic carbocycles. The molecule has 2 aromatic rings. The fourth-order valence-electron chi connectivity index (χ4n) is 1.80. The Morgan fingerprint density at radius 2 is 2.24 bits per heavy atom. The molecule has 7 heteroatoms. The maximum Gasteiger partial charge on any atom is 0.162 e. The molecule has 0 bridgehead atoms. The van der Waals surface area contributed by atoms with E-state index in [2.05, 4.69) is 15.6 Å². The van der Waals surface area contributed by atoms with Crippen LogP contribution in [-0.4, -0.2) is 26.7 Å². The Morgan fingerprint density at radius 1 is 1.47 bits per heavy atom. The number of nitrogens with two attached hydrogens (primary N) is 1. The maximum absolute atomic E-state index is 5.60. The molecule has 0 amide bonds. The number of aryl methyl sites for hydroxylation is 2. The molecule has 92 valence electrons. The van der Waals surface area contributed by atoms with Crippen LogP contribution in [0.25, 0.3) is 0 Å². The Morgan fingerprint density at radius 3 is 2.76 bits per heavy atom. The molecule has 7 nitrogen and oxygen atoms in total. The number of hydrazine groups is 1. The van der Waals surface area contributed by atoms with Crippen molar-refractivity contribution in [2.75, 3.05) is 7.11 Å². The summed E-state index contributed by atoms with van der Waals surface area (Å²) < 4.78 is 8.71. The summed E-state index contributed by atoms with van der Waals surface area (Å²) in [6.07, 6.45) is 3.52. The van der Waals surface area contributed by atoms with E-state index >= 15 is 0 Å². The van der Waals surface area contributed by atoms with Crippen molar-refractivity contribution < 1.29 is 4.74 Å². The smallest absolute Gasteiger partial charge is 0.162 e. The van der Waals surface area contributed by atoms with Gasteiger partial charge in [-0.2, -0.15) is 10.2 Å². The van der Waals surface area contributed by atoms with Crippen LogP contribution in [0.5, 0.6) is 5.75 Å². The van der Waals surface area contributed by atoms with Gasteiger partial charge in [0.2, 0.25) is 0 Å². The number of ether oxygens (including phenoxy) is 1. The van der Waals surface area contributed by atoms with Gasteiger partial charge in [0.25, 0.3) is 0 Å². The van der Waals surface area contributed by atoms with Crippen molar-refractivity contribution >= 4 is 0 Å². The van der Waals surface area contributed by atoms with Crippen LogP contribution >= 0.6 is 0 Å². The number of hydrogen-bond acceptors (Lipinski definition) is 5. The van der Waals surface area contributed by atoms with Gasteiger partial charge in [0.05, 0.1) is 19.0 Å². The van der Waals surface area contributed by atoms with Crippen molar-refractivity contribution in [1.29, 1.82) is 0 Å². The average Bonchev–Trinajstić information content (AvgIpc) is 2.89. The number of hydrogen-bond donors (Lipinski definition) is 2. The van der Waals surface area contributed by atoms with E-state index in [1.165, 1.54) is 0 Å². The summed E-state index contributed by atoms with van der Waals surface area (Å²) in [6.45, 7) is 0. The molecular formula is C10H16N6O. The number of nitrogens with zero attached hydrogens (tertiary/aromatic N) is 4. The van der Waals surface area contributed by atoms with E-state index in [0.717, 1.165) is 11.4 Å². The highest BCUT2D eigenvalue weighted by Crippen LogP contribution is 2.27. The lowest BCUT2D eigenvalue weighted by atomic mass is 10.1. The fourth-order valence-corrected chi connectivity index (χ4v) is 1.80. The van der Waals surface area contributed by atoms with E-state index in [0.29, 0.717) is 5.75 Å². The van der Waals surface area contributed by atoms with Gasteiger partial charge in [0, 0.05) is 20.3 Å². The van der Waals surface area contributed by atoms with Crippen molar-refractivity contribution in [3.63, 3.8) is 0 Å². The molecule has 0 saturated carbocycles. The van der Waals surface area contributed by atoms with Gasteiger partial charge in [0.1, 0.15) is 11.7 Å². The van der Waals surface area contributed by atoms with Crippen molar-refractivity contribution in [2.24, 2.45) is 19.9 Å². The van der Waals surface area contributed by atoms with Gasteiger partial charge in [-0.1, -0.05) is 0 Å². The van der Waals surface area contributed by atoms with Gasteiger partial charge >= 0.3 is 0 Å². The highest BCUT2D eigenvalue weighted by molar-refractivity contribution is 5.33. The Bertz CT molecular complexity index is 503. The summed E-state index contributed by atoms with van der Waals surface area (Å²) in [6, 6.07) is 1.65. The Kier molecular flexibility index (Phi) is 3.12. The van der Waals surface area contributed by atoms with Crippen LogP contribution in [0.4, 0.5) is 0 Å². The quantitative estimate of drug-likeness (QED) is 0.563. The lowest BCUT2D eigenvalue weighted by Crippen LogP contribution is -2.31. The Labute approximate surface area is 99.1 Å². The molecule has 0 radical (unpaired) electrons. The molecule has 0 spiro atoms. The first-order chi connectivity index (χ1) is 8.17. The first-order valence-electron chi connectivity index (χ1n) is 5.19. The standard InChI is InChI=1S/C10H16N6O/c1-15-5-4-7(14-15)9(13-11)10-8(17-3)6-12-16(10)2/h4-6,9,13H,11H2,1-3H3. The lowest BCUT2D eigenvalue weighted by molar-refractivity contribution is 0.400. The third-order valence-corrected chi connectivity index (χ3v) is 2.64. The van der Waals surface area contributed by atoms with E-state index in [4.69, 9.17) is 10.6 Å². The predicted molar refractivity (Wildman–Crippen MR) is 62.1 cm³/mol. The minimum Gasteiger partial charge on any atom is -0.493 e. The first-order valence-corrected chi connectivity index (χ1v) is 5.19. The van der Waals surface area contributed by atoms with Crippen LogP contribution in [-0.2, 0) is 14.1 Å². The molecule has 0 fully saturated rings. The van der Waals surface area contributed by atoms with Gasteiger partial charge in [0.15, 0.2) is 5.75 Å². The van der Waals surface area contributed by atoms with E-state index in [-0.39, 0.29) is 6.04 Å². The van der Waals surface area contributed by atoms with Gasteiger partial charge in [-0.3, -0.25) is 15.2 Å². The molecular weight excluding hydrogens is 220 g/mol. The lowest BCUT2D eigenvalue weighted by Gasteiger charge is -2.15. The Hall–Kier alpha value is -1.86. The van der Waals surface area contributed by atoms with Gasteiger partial charge in [-0.15, -0.1) is 0 Å². The molecule has 0 aliphatic carbocycles. The topological polar surface area (TPSA) is 82.9 Å². The van der Waals surface area contributed by atoms with Crippen molar-refractivity contribution in [3.8, 4) is 5.75 Å². The van der Waals surface area contributed by atoms with E-state index in [1.54, 1.807) is 22.7 Å². The Balaban J connectivity index is 2.44. The van der Waals surface area contributed by atoms with Crippen LogP contribution in [0.1, 0.15) is 17.4 Å².